The molecule has 0 aromatic heterocycles. The highest BCUT2D eigenvalue weighted by Crippen LogP contribution is 2.25. The third kappa shape index (κ3) is 2.07. The van der Waals surface area contributed by atoms with Crippen LogP contribution in [0.2, 0.25) is 0 Å². The summed E-state index contributed by atoms with van der Waals surface area (Å²) in [7, 11) is 0. The van der Waals surface area contributed by atoms with E-state index >= 15 is 0 Å². The zero-order valence-corrected chi connectivity index (χ0v) is 8.26. The predicted molar refractivity (Wildman–Crippen MR) is 46.0 cm³/mol. The van der Waals surface area contributed by atoms with E-state index in [-0.39, 0.29) is 6.61 Å². The molecule has 0 heterocycles. The molecule has 0 fully saturated rings. The minimum atomic E-state index is -2.96. The Morgan fingerprint density at radius 3 is 1.87 bits per heavy atom. The number of aliphatic carboxylic acids is 2. The van der Waals surface area contributed by atoms with E-state index < -0.39 is 29.4 Å². The number of carboxylic acid groups (broad SMARTS) is 2. The van der Waals surface area contributed by atoms with Crippen molar-refractivity contribution >= 4 is 17.9 Å². The van der Waals surface area contributed by atoms with Gasteiger partial charge in [-0.3, -0.25) is 14.4 Å². The van der Waals surface area contributed by atoms with Crippen molar-refractivity contribution < 1.29 is 34.4 Å². The molecule has 0 aromatic carbocycles. The summed E-state index contributed by atoms with van der Waals surface area (Å²) in [6.07, 6.45) is -1.90. The maximum atomic E-state index is 11.2. The summed E-state index contributed by atoms with van der Waals surface area (Å²) in [5, 5.41) is 26.6. The van der Waals surface area contributed by atoms with Gasteiger partial charge in [0.1, 0.15) is 0 Å². The molecule has 86 valence electrons. The smallest absolute Gasteiger partial charge is 0.337 e. The topological polar surface area (TPSA) is 121 Å². The number of aliphatic hydroxyl groups is 1. The molecule has 0 aliphatic heterocycles. The largest absolute Gasteiger partial charge is 0.480 e. The van der Waals surface area contributed by atoms with Gasteiger partial charge in [-0.1, -0.05) is 0 Å². The van der Waals surface area contributed by atoms with Gasteiger partial charge in [-0.15, -0.1) is 0 Å². The van der Waals surface area contributed by atoms with Crippen LogP contribution in [0.15, 0.2) is 0 Å². The minimum Gasteiger partial charge on any atom is -0.480 e. The van der Waals surface area contributed by atoms with Crippen molar-refractivity contribution in [1.29, 1.82) is 0 Å². The van der Waals surface area contributed by atoms with Crippen LogP contribution in [-0.4, -0.2) is 45.9 Å². The molecule has 1 atom stereocenters. The van der Waals surface area contributed by atoms with Crippen LogP contribution >= 0.6 is 0 Å². The summed E-state index contributed by atoms with van der Waals surface area (Å²) < 4.78 is 4.33. The molecule has 3 N–H and O–H groups in total. The molecular formula is C8H12O7. The molecule has 15 heavy (non-hydrogen) atoms. The Morgan fingerprint density at radius 2 is 1.67 bits per heavy atom. The standard InChI is InChI=1S/C8H12O7/c1-3-15-7(14)8(4(2)9,5(10)11)6(12)13/h4,9H,3H2,1-2H3,(H,10,11)(H,12,13). The summed E-state index contributed by atoms with van der Waals surface area (Å²) in [5.74, 6) is -5.40. The lowest BCUT2D eigenvalue weighted by atomic mass is 9.83. The van der Waals surface area contributed by atoms with Crippen molar-refractivity contribution in [3.8, 4) is 0 Å². The van der Waals surface area contributed by atoms with Gasteiger partial charge in [0, 0.05) is 0 Å². The monoisotopic (exact) mass is 220 g/mol. The summed E-state index contributed by atoms with van der Waals surface area (Å²) >= 11 is 0. The van der Waals surface area contributed by atoms with Gasteiger partial charge in [-0.2, -0.15) is 0 Å². The predicted octanol–water partition coefficient (Wildman–Crippen LogP) is -0.914. The summed E-state index contributed by atoms with van der Waals surface area (Å²) in [6, 6.07) is 0. The Hall–Kier alpha value is -1.63. The van der Waals surface area contributed by atoms with Gasteiger partial charge < -0.3 is 20.1 Å². The molecule has 1 unspecified atom stereocenters. The van der Waals surface area contributed by atoms with Crippen molar-refractivity contribution in [3.63, 3.8) is 0 Å². The molecule has 0 rings (SSSR count). The number of carbonyl (C=O) groups excluding carboxylic acids is 1. The average molecular weight is 220 g/mol. The fraction of sp³-hybridized carbons (Fsp3) is 0.625. The second-order valence-corrected chi connectivity index (χ2v) is 2.81. The first-order chi connectivity index (χ1) is 6.81. The molecule has 0 aromatic rings. The van der Waals surface area contributed by atoms with Gasteiger partial charge in [0.25, 0.3) is 5.41 Å². The van der Waals surface area contributed by atoms with Gasteiger partial charge in [0.05, 0.1) is 12.7 Å². The molecular weight excluding hydrogens is 208 g/mol. The van der Waals surface area contributed by atoms with E-state index in [1.807, 2.05) is 0 Å². The van der Waals surface area contributed by atoms with Crippen molar-refractivity contribution in [2.75, 3.05) is 6.61 Å². The number of rotatable bonds is 5. The lowest BCUT2D eigenvalue weighted by Crippen LogP contribution is -2.54. The third-order valence-corrected chi connectivity index (χ3v) is 1.90. The van der Waals surface area contributed by atoms with Gasteiger partial charge in [0.15, 0.2) is 0 Å². The Kier molecular flexibility index (Phi) is 4.22. The highest BCUT2D eigenvalue weighted by Gasteiger charge is 2.59. The lowest BCUT2D eigenvalue weighted by Gasteiger charge is -2.24. The first kappa shape index (κ1) is 13.4. The lowest BCUT2D eigenvalue weighted by molar-refractivity contribution is -0.186. The minimum absolute atomic E-state index is 0.173. The molecule has 0 spiro atoms. The van der Waals surface area contributed by atoms with E-state index in [1.165, 1.54) is 6.92 Å². The number of carbonyl (C=O) groups is 3. The van der Waals surface area contributed by atoms with Crippen LogP contribution in [0.25, 0.3) is 0 Å². The van der Waals surface area contributed by atoms with Crippen molar-refractivity contribution in [2.45, 2.75) is 20.0 Å². The number of esters is 1. The van der Waals surface area contributed by atoms with E-state index in [0.717, 1.165) is 6.92 Å². The molecule has 7 nitrogen and oxygen atoms in total. The molecule has 0 aliphatic carbocycles. The highest BCUT2D eigenvalue weighted by molar-refractivity contribution is 6.17. The van der Waals surface area contributed by atoms with E-state index in [1.54, 1.807) is 0 Å². The van der Waals surface area contributed by atoms with Crippen molar-refractivity contribution in [1.82, 2.24) is 0 Å². The highest BCUT2D eigenvalue weighted by atomic mass is 16.5. The fourth-order valence-corrected chi connectivity index (χ4v) is 1.04. The second-order valence-electron chi connectivity index (χ2n) is 2.81. The first-order valence-electron chi connectivity index (χ1n) is 4.13. The second kappa shape index (κ2) is 4.74. The average Bonchev–Trinajstić information content (AvgIpc) is 2.02. The normalized spacial score (nSPS) is 13.0. The molecule has 0 amide bonds. The van der Waals surface area contributed by atoms with Gasteiger partial charge in [-0.25, -0.2) is 0 Å². The van der Waals surface area contributed by atoms with Crippen molar-refractivity contribution in [2.24, 2.45) is 5.41 Å². The third-order valence-electron chi connectivity index (χ3n) is 1.90. The summed E-state index contributed by atoms with van der Waals surface area (Å²) in [6.45, 7) is 2.13. The maximum absolute atomic E-state index is 11.2. The fourth-order valence-electron chi connectivity index (χ4n) is 1.04. The zero-order chi connectivity index (χ0) is 12.2. The molecule has 0 saturated carbocycles. The van der Waals surface area contributed by atoms with E-state index in [0.29, 0.717) is 0 Å². The Morgan fingerprint density at radius 1 is 1.27 bits per heavy atom. The molecule has 0 radical (unpaired) electrons. The molecule has 0 bridgehead atoms. The van der Waals surface area contributed by atoms with Crippen LogP contribution in [0.4, 0.5) is 0 Å². The number of hydrogen-bond donors (Lipinski definition) is 3. The van der Waals surface area contributed by atoms with E-state index in [9.17, 15) is 14.4 Å². The first-order valence-corrected chi connectivity index (χ1v) is 4.13. The zero-order valence-electron chi connectivity index (χ0n) is 8.26. The molecule has 0 aliphatic rings. The van der Waals surface area contributed by atoms with Crippen LogP contribution in [0.3, 0.4) is 0 Å². The maximum Gasteiger partial charge on any atom is 0.337 e. The van der Waals surface area contributed by atoms with Crippen LogP contribution in [0.5, 0.6) is 0 Å². The van der Waals surface area contributed by atoms with Crippen LogP contribution in [0, 0.1) is 5.41 Å². The SMILES string of the molecule is CCOC(=O)C(C(=O)O)(C(=O)O)C(C)O. The van der Waals surface area contributed by atoms with Crippen molar-refractivity contribution in [3.05, 3.63) is 0 Å². The van der Waals surface area contributed by atoms with Crippen LogP contribution in [0.1, 0.15) is 13.8 Å². The molecule has 0 saturated heterocycles. The number of hydrogen-bond acceptors (Lipinski definition) is 5. The quantitative estimate of drug-likeness (QED) is 0.405. The van der Waals surface area contributed by atoms with E-state index in [4.69, 9.17) is 15.3 Å². The number of ether oxygens (including phenoxy) is 1. The number of carboxylic acids is 2. The Bertz CT molecular complexity index is 267. The van der Waals surface area contributed by atoms with Gasteiger partial charge in [-0.05, 0) is 13.8 Å². The molecule has 7 heteroatoms. The van der Waals surface area contributed by atoms with E-state index in [2.05, 4.69) is 4.74 Å². The Balaban J connectivity index is 5.43. The van der Waals surface area contributed by atoms with Gasteiger partial charge >= 0.3 is 17.9 Å². The summed E-state index contributed by atoms with van der Waals surface area (Å²) in [4.78, 5) is 32.8. The van der Waals surface area contributed by atoms with Gasteiger partial charge in [0.2, 0.25) is 0 Å². The Labute approximate surface area is 85.3 Å². The summed E-state index contributed by atoms with van der Waals surface area (Å²) in [5.41, 5.74) is -2.96. The number of aliphatic hydroxyl groups excluding tert-OH is 1. The van der Waals surface area contributed by atoms with Crippen LogP contribution < -0.4 is 0 Å². The van der Waals surface area contributed by atoms with Crippen LogP contribution in [-0.2, 0) is 19.1 Å².